The molecule has 0 amide bonds. The summed E-state index contributed by atoms with van der Waals surface area (Å²) in [5.74, 6) is 0.701. The highest BCUT2D eigenvalue weighted by molar-refractivity contribution is 7.89. The van der Waals surface area contributed by atoms with Gasteiger partial charge in [-0.15, -0.1) is 0 Å². The second kappa shape index (κ2) is 4.19. The predicted molar refractivity (Wildman–Crippen MR) is 68.0 cm³/mol. The van der Waals surface area contributed by atoms with Crippen LogP contribution in [0.2, 0.25) is 0 Å². The molecule has 0 saturated heterocycles. The number of sulfonamides is 1. The summed E-state index contributed by atoms with van der Waals surface area (Å²) in [6.45, 7) is 2.10. The van der Waals surface area contributed by atoms with Gasteiger partial charge in [-0.3, -0.25) is 0 Å². The number of hydrogen-bond donors (Lipinski definition) is 3. The molecule has 1 unspecified atom stereocenters. The average Bonchev–Trinajstić information content (AvgIpc) is 3.02. The highest BCUT2D eigenvalue weighted by atomic mass is 32.2. The third-order valence-corrected chi connectivity index (χ3v) is 3.97. The van der Waals surface area contributed by atoms with Crippen LogP contribution in [0.1, 0.15) is 19.8 Å². The van der Waals surface area contributed by atoms with Gasteiger partial charge in [0.05, 0.1) is 16.3 Å². The van der Waals surface area contributed by atoms with Crippen molar-refractivity contribution in [1.29, 1.82) is 0 Å². The normalized spacial score (nSPS) is 17.8. The number of nitrogens with two attached hydrogens (primary N) is 2. The predicted octanol–water partition coefficient (Wildman–Crippen LogP) is 1.13. The van der Waals surface area contributed by atoms with E-state index < -0.39 is 10.0 Å². The fraction of sp³-hybridized carbons (Fsp3) is 0.455. The Hall–Kier alpha value is -1.27. The summed E-state index contributed by atoms with van der Waals surface area (Å²) in [6, 6.07) is 4.87. The zero-order valence-corrected chi connectivity index (χ0v) is 10.5. The van der Waals surface area contributed by atoms with Crippen molar-refractivity contribution in [3.8, 4) is 0 Å². The quantitative estimate of drug-likeness (QED) is 0.702. The van der Waals surface area contributed by atoms with Gasteiger partial charge in [0, 0.05) is 6.04 Å². The van der Waals surface area contributed by atoms with Crippen molar-refractivity contribution in [1.82, 2.24) is 0 Å². The molecular weight excluding hydrogens is 238 g/mol. The summed E-state index contributed by atoms with van der Waals surface area (Å²) in [5.41, 5.74) is 6.97. The number of hydrogen-bond acceptors (Lipinski definition) is 4. The van der Waals surface area contributed by atoms with Crippen molar-refractivity contribution in [3.05, 3.63) is 18.2 Å². The average molecular weight is 255 g/mol. The molecule has 2 rings (SSSR count). The van der Waals surface area contributed by atoms with Gasteiger partial charge in [-0.05, 0) is 43.9 Å². The van der Waals surface area contributed by atoms with E-state index in [1.54, 1.807) is 6.07 Å². The molecule has 1 aromatic carbocycles. The van der Waals surface area contributed by atoms with Gasteiger partial charge in [-0.25, -0.2) is 13.6 Å². The SMILES string of the molecule is CC(Nc1ccc(S(N)(=O)=O)cc1N)C1CC1. The molecule has 0 aliphatic heterocycles. The number of nitrogen functional groups attached to an aromatic ring is 1. The van der Waals surface area contributed by atoms with Crippen LogP contribution < -0.4 is 16.2 Å². The van der Waals surface area contributed by atoms with Crippen molar-refractivity contribution >= 4 is 21.4 Å². The number of nitrogens with one attached hydrogen (secondary N) is 1. The van der Waals surface area contributed by atoms with Gasteiger partial charge in [-0.2, -0.15) is 0 Å². The van der Waals surface area contributed by atoms with Crippen LogP contribution in [-0.2, 0) is 10.0 Å². The van der Waals surface area contributed by atoms with E-state index >= 15 is 0 Å². The molecule has 1 aromatic rings. The van der Waals surface area contributed by atoms with Crippen LogP contribution in [0.15, 0.2) is 23.1 Å². The molecule has 1 saturated carbocycles. The maximum atomic E-state index is 11.1. The van der Waals surface area contributed by atoms with Crippen LogP contribution >= 0.6 is 0 Å². The van der Waals surface area contributed by atoms with Crippen LogP contribution in [0.5, 0.6) is 0 Å². The van der Waals surface area contributed by atoms with Crippen LogP contribution in [0.25, 0.3) is 0 Å². The topological polar surface area (TPSA) is 98.2 Å². The first-order valence-electron chi connectivity index (χ1n) is 5.57. The van der Waals surface area contributed by atoms with Crippen LogP contribution in [0.4, 0.5) is 11.4 Å². The van der Waals surface area contributed by atoms with E-state index in [9.17, 15) is 8.42 Å². The maximum Gasteiger partial charge on any atom is 0.238 e. The van der Waals surface area contributed by atoms with Crippen LogP contribution in [0.3, 0.4) is 0 Å². The Morgan fingerprint density at radius 2 is 2.06 bits per heavy atom. The Morgan fingerprint density at radius 1 is 1.41 bits per heavy atom. The molecule has 0 spiro atoms. The summed E-state index contributed by atoms with van der Waals surface area (Å²) >= 11 is 0. The van der Waals surface area contributed by atoms with E-state index in [4.69, 9.17) is 10.9 Å². The summed E-state index contributed by atoms with van der Waals surface area (Å²) in [5, 5.41) is 8.32. The minimum absolute atomic E-state index is 0.0413. The lowest BCUT2D eigenvalue weighted by Gasteiger charge is -2.16. The lowest BCUT2D eigenvalue weighted by atomic mass is 10.2. The van der Waals surface area contributed by atoms with E-state index in [0.717, 1.165) is 5.69 Å². The lowest BCUT2D eigenvalue weighted by molar-refractivity contribution is 0.598. The molecule has 5 nitrogen and oxygen atoms in total. The molecule has 94 valence electrons. The molecule has 1 aliphatic carbocycles. The fourth-order valence-corrected chi connectivity index (χ4v) is 2.36. The van der Waals surface area contributed by atoms with Gasteiger partial charge in [-0.1, -0.05) is 0 Å². The third-order valence-electron chi connectivity index (χ3n) is 3.06. The molecule has 0 bridgehead atoms. The Kier molecular flexibility index (Phi) is 3.01. The van der Waals surface area contributed by atoms with Crippen molar-refractivity contribution < 1.29 is 8.42 Å². The Morgan fingerprint density at radius 3 is 2.53 bits per heavy atom. The molecule has 6 heteroatoms. The molecular formula is C11H17N3O2S. The summed E-state index contributed by atoms with van der Waals surface area (Å²) in [4.78, 5) is 0.0413. The number of primary sulfonamides is 1. The van der Waals surface area contributed by atoms with Crippen molar-refractivity contribution in [2.45, 2.75) is 30.7 Å². The zero-order chi connectivity index (χ0) is 12.6. The maximum absolute atomic E-state index is 11.1. The van der Waals surface area contributed by atoms with Crippen molar-refractivity contribution in [2.24, 2.45) is 11.1 Å². The number of rotatable bonds is 4. The van der Waals surface area contributed by atoms with Gasteiger partial charge in [0.2, 0.25) is 10.0 Å². The van der Waals surface area contributed by atoms with Gasteiger partial charge in [0.15, 0.2) is 0 Å². The standard InChI is InChI=1S/C11H17N3O2S/c1-7(8-2-3-8)14-11-5-4-9(6-10(11)12)17(13,15)16/h4-8,14H,2-3,12H2,1H3,(H2,13,15,16). The molecule has 1 fully saturated rings. The van der Waals surface area contributed by atoms with Crippen LogP contribution in [-0.4, -0.2) is 14.5 Å². The molecule has 0 heterocycles. The molecule has 1 aliphatic rings. The molecule has 1 atom stereocenters. The van der Waals surface area contributed by atoms with Gasteiger partial charge in [0.25, 0.3) is 0 Å². The minimum Gasteiger partial charge on any atom is -0.397 e. The fourth-order valence-electron chi connectivity index (χ4n) is 1.81. The number of benzene rings is 1. The van der Waals surface area contributed by atoms with Gasteiger partial charge in [0.1, 0.15) is 0 Å². The Balaban J connectivity index is 2.19. The van der Waals surface area contributed by atoms with E-state index in [1.165, 1.54) is 25.0 Å². The molecule has 5 N–H and O–H groups in total. The second-order valence-electron chi connectivity index (χ2n) is 4.56. The lowest BCUT2D eigenvalue weighted by Crippen LogP contribution is -2.18. The number of anilines is 2. The van der Waals surface area contributed by atoms with E-state index in [0.29, 0.717) is 17.6 Å². The molecule has 0 radical (unpaired) electrons. The van der Waals surface area contributed by atoms with Crippen molar-refractivity contribution in [2.75, 3.05) is 11.1 Å². The largest absolute Gasteiger partial charge is 0.397 e. The highest BCUT2D eigenvalue weighted by Gasteiger charge is 2.28. The first kappa shape index (κ1) is 12.2. The zero-order valence-electron chi connectivity index (χ0n) is 9.68. The van der Waals surface area contributed by atoms with Gasteiger partial charge >= 0.3 is 0 Å². The first-order valence-corrected chi connectivity index (χ1v) is 7.11. The monoisotopic (exact) mass is 255 g/mol. The summed E-state index contributed by atoms with van der Waals surface area (Å²) in [7, 11) is -3.68. The van der Waals surface area contributed by atoms with Crippen molar-refractivity contribution in [3.63, 3.8) is 0 Å². The molecule has 0 aromatic heterocycles. The minimum atomic E-state index is -3.68. The highest BCUT2D eigenvalue weighted by Crippen LogP contribution is 2.35. The van der Waals surface area contributed by atoms with Gasteiger partial charge < -0.3 is 11.1 Å². The Bertz CT molecular complexity index is 524. The van der Waals surface area contributed by atoms with Crippen LogP contribution in [0, 0.1) is 5.92 Å². The van der Waals surface area contributed by atoms with E-state index in [2.05, 4.69) is 12.2 Å². The second-order valence-corrected chi connectivity index (χ2v) is 6.13. The van der Waals surface area contributed by atoms with E-state index in [-0.39, 0.29) is 4.90 Å². The van der Waals surface area contributed by atoms with E-state index in [1.807, 2.05) is 0 Å². The smallest absolute Gasteiger partial charge is 0.238 e. The molecule has 17 heavy (non-hydrogen) atoms. The summed E-state index contributed by atoms with van der Waals surface area (Å²) < 4.78 is 22.3. The third kappa shape index (κ3) is 2.89. The first-order chi connectivity index (χ1) is 7.88. The summed E-state index contributed by atoms with van der Waals surface area (Å²) in [6.07, 6.45) is 2.48. The Labute approximate surface area is 101 Å².